The summed E-state index contributed by atoms with van der Waals surface area (Å²) in [4.78, 5) is 27.6. The Kier molecular flexibility index (Phi) is 8.01. The molecule has 144 valence electrons. The van der Waals surface area contributed by atoms with Crippen molar-refractivity contribution in [3.05, 3.63) is 35.9 Å². The molecule has 0 saturated carbocycles. The molecule has 0 bridgehead atoms. The predicted octanol–water partition coefficient (Wildman–Crippen LogP) is 4.37. The first-order valence-corrected chi connectivity index (χ1v) is 10.8. The normalized spacial score (nSPS) is 21.0. The third kappa shape index (κ3) is 5.50. The molecule has 0 spiro atoms. The zero-order valence-electron chi connectivity index (χ0n) is 16.4. The van der Waals surface area contributed by atoms with Gasteiger partial charge in [0.05, 0.1) is 11.4 Å². The molecule has 1 heterocycles. The molecule has 26 heavy (non-hydrogen) atoms. The molecule has 3 atom stereocenters. The number of benzene rings is 1. The zero-order valence-corrected chi connectivity index (χ0v) is 17.2. The third-order valence-corrected chi connectivity index (χ3v) is 6.07. The van der Waals surface area contributed by atoms with E-state index < -0.39 is 0 Å². The molecule has 2 rings (SSSR count). The van der Waals surface area contributed by atoms with Crippen molar-refractivity contribution in [2.75, 3.05) is 5.75 Å². The molecule has 1 N–H and O–H groups in total. The Labute approximate surface area is 162 Å². The molecule has 1 saturated heterocycles. The highest BCUT2D eigenvalue weighted by molar-refractivity contribution is 8.00. The van der Waals surface area contributed by atoms with Crippen LogP contribution in [0.4, 0.5) is 0 Å². The molecule has 0 aliphatic carbocycles. The number of hydrogen-bond donors (Lipinski definition) is 1. The molecule has 0 aromatic heterocycles. The van der Waals surface area contributed by atoms with E-state index in [-0.39, 0.29) is 29.3 Å². The fourth-order valence-electron chi connectivity index (χ4n) is 3.28. The molecule has 2 amide bonds. The van der Waals surface area contributed by atoms with Crippen LogP contribution in [0, 0.1) is 5.92 Å². The van der Waals surface area contributed by atoms with E-state index in [0.717, 1.165) is 24.8 Å². The second-order valence-electron chi connectivity index (χ2n) is 7.48. The summed E-state index contributed by atoms with van der Waals surface area (Å²) in [7, 11) is 0. The number of nitrogens with one attached hydrogen (secondary N) is 1. The van der Waals surface area contributed by atoms with Crippen LogP contribution in [0.15, 0.2) is 30.3 Å². The topological polar surface area (TPSA) is 49.4 Å². The summed E-state index contributed by atoms with van der Waals surface area (Å²) in [5.41, 5.74) is 1.08. The van der Waals surface area contributed by atoms with Crippen LogP contribution in [0.3, 0.4) is 0 Å². The van der Waals surface area contributed by atoms with Gasteiger partial charge in [0.2, 0.25) is 11.8 Å². The lowest BCUT2D eigenvalue weighted by Crippen LogP contribution is -2.50. The largest absolute Gasteiger partial charge is 0.348 e. The van der Waals surface area contributed by atoms with Crippen molar-refractivity contribution in [2.45, 2.75) is 70.8 Å². The summed E-state index contributed by atoms with van der Waals surface area (Å²) in [5.74, 6) is 1.27. The van der Waals surface area contributed by atoms with Gasteiger partial charge >= 0.3 is 0 Å². The molecule has 4 nitrogen and oxygen atoms in total. The summed E-state index contributed by atoms with van der Waals surface area (Å²) in [6.07, 6.45) is 3.33. The maximum absolute atomic E-state index is 12.9. The number of hydrogen-bond acceptors (Lipinski definition) is 3. The van der Waals surface area contributed by atoms with Crippen LogP contribution in [0.1, 0.15) is 65.0 Å². The maximum Gasteiger partial charge on any atom is 0.244 e. The lowest BCUT2D eigenvalue weighted by molar-refractivity contribution is -0.140. The predicted molar refractivity (Wildman–Crippen MR) is 109 cm³/mol. The molecule has 1 fully saturated rings. The minimum atomic E-state index is -0.362. The lowest BCUT2D eigenvalue weighted by Gasteiger charge is -2.30. The maximum atomic E-state index is 12.9. The van der Waals surface area contributed by atoms with E-state index in [0.29, 0.717) is 18.1 Å². The average Bonchev–Trinajstić information content (AvgIpc) is 3.03. The van der Waals surface area contributed by atoms with Gasteiger partial charge in [-0.15, -0.1) is 11.8 Å². The van der Waals surface area contributed by atoms with E-state index in [1.807, 2.05) is 42.2 Å². The Morgan fingerprint density at radius 2 is 1.92 bits per heavy atom. The number of amides is 2. The number of thioether (sulfide) groups is 1. The van der Waals surface area contributed by atoms with Gasteiger partial charge in [0, 0.05) is 12.2 Å². The fraction of sp³-hybridized carbons (Fsp3) is 0.619. The van der Waals surface area contributed by atoms with E-state index in [1.54, 1.807) is 11.8 Å². The SMILES string of the molecule is CCCCC(=O)N1C(CC(C)C)SCC1C(=O)NC(C)c1ccccc1. The van der Waals surface area contributed by atoms with Crippen molar-refractivity contribution in [1.82, 2.24) is 10.2 Å². The Bertz CT molecular complexity index is 591. The molecule has 0 radical (unpaired) electrons. The smallest absolute Gasteiger partial charge is 0.244 e. The number of carbonyl (C=O) groups excluding carboxylic acids is 2. The number of nitrogens with zero attached hydrogens (tertiary/aromatic N) is 1. The molecule has 1 aromatic carbocycles. The van der Waals surface area contributed by atoms with Crippen LogP contribution in [0.5, 0.6) is 0 Å². The van der Waals surface area contributed by atoms with Gasteiger partial charge in [-0.25, -0.2) is 0 Å². The summed E-state index contributed by atoms with van der Waals surface area (Å²) in [6.45, 7) is 8.41. The minimum Gasteiger partial charge on any atom is -0.348 e. The minimum absolute atomic E-state index is 0.0371. The molecule has 5 heteroatoms. The Hall–Kier alpha value is -1.49. The van der Waals surface area contributed by atoms with Crippen LogP contribution in [0.2, 0.25) is 0 Å². The standard InChI is InChI=1S/C21H32N2O2S/c1-5-6-12-19(24)23-18(14-26-20(23)13-15(2)3)21(25)22-16(4)17-10-8-7-9-11-17/h7-11,15-16,18,20H,5-6,12-14H2,1-4H3,(H,22,25). The molecule has 3 unspecified atom stereocenters. The first kappa shape index (κ1) is 20.8. The molecule has 1 aliphatic heterocycles. The van der Waals surface area contributed by atoms with Gasteiger partial charge in [-0.1, -0.05) is 57.5 Å². The van der Waals surface area contributed by atoms with Gasteiger partial charge < -0.3 is 10.2 Å². The van der Waals surface area contributed by atoms with E-state index in [4.69, 9.17) is 0 Å². The second-order valence-corrected chi connectivity index (χ2v) is 8.69. The monoisotopic (exact) mass is 376 g/mol. The van der Waals surface area contributed by atoms with Gasteiger partial charge in [0.1, 0.15) is 6.04 Å². The summed E-state index contributed by atoms with van der Waals surface area (Å²) in [5, 5.41) is 3.22. The van der Waals surface area contributed by atoms with Gasteiger partial charge in [0.25, 0.3) is 0 Å². The Balaban J connectivity index is 2.08. The van der Waals surface area contributed by atoms with Crippen LogP contribution < -0.4 is 5.32 Å². The quantitative estimate of drug-likeness (QED) is 0.733. The Morgan fingerprint density at radius 1 is 1.23 bits per heavy atom. The molecule has 1 aromatic rings. The van der Waals surface area contributed by atoms with E-state index in [2.05, 4.69) is 26.1 Å². The number of unbranched alkanes of at least 4 members (excludes halogenated alkanes) is 1. The van der Waals surface area contributed by atoms with Crippen molar-refractivity contribution < 1.29 is 9.59 Å². The van der Waals surface area contributed by atoms with Crippen molar-refractivity contribution in [3.8, 4) is 0 Å². The lowest BCUT2D eigenvalue weighted by atomic mass is 10.1. The zero-order chi connectivity index (χ0) is 19.1. The van der Waals surface area contributed by atoms with Crippen LogP contribution >= 0.6 is 11.8 Å². The molecular formula is C21H32N2O2S. The van der Waals surface area contributed by atoms with Gasteiger partial charge in [-0.3, -0.25) is 9.59 Å². The second kappa shape index (κ2) is 10.0. The van der Waals surface area contributed by atoms with E-state index in [1.165, 1.54) is 0 Å². The first-order valence-electron chi connectivity index (χ1n) is 9.72. The van der Waals surface area contributed by atoms with Gasteiger partial charge in [0.15, 0.2) is 0 Å². The Morgan fingerprint density at radius 3 is 2.54 bits per heavy atom. The summed E-state index contributed by atoms with van der Waals surface area (Å²) in [6, 6.07) is 9.52. The van der Waals surface area contributed by atoms with Crippen molar-refractivity contribution in [3.63, 3.8) is 0 Å². The van der Waals surface area contributed by atoms with Crippen LogP contribution in [-0.2, 0) is 9.59 Å². The molecule has 1 aliphatic rings. The van der Waals surface area contributed by atoms with Crippen LogP contribution in [0.25, 0.3) is 0 Å². The first-order chi connectivity index (χ1) is 12.4. The molecular weight excluding hydrogens is 344 g/mol. The van der Waals surface area contributed by atoms with Gasteiger partial charge in [-0.2, -0.15) is 0 Å². The third-order valence-electron chi connectivity index (χ3n) is 4.76. The number of rotatable bonds is 8. The van der Waals surface area contributed by atoms with E-state index in [9.17, 15) is 9.59 Å². The summed E-state index contributed by atoms with van der Waals surface area (Å²) >= 11 is 1.74. The summed E-state index contributed by atoms with van der Waals surface area (Å²) < 4.78 is 0. The average molecular weight is 377 g/mol. The fourth-order valence-corrected chi connectivity index (χ4v) is 4.94. The van der Waals surface area contributed by atoms with Gasteiger partial charge in [-0.05, 0) is 31.2 Å². The highest BCUT2D eigenvalue weighted by atomic mass is 32.2. The number of carbonyl (C=O) groups is 2. The van der Waals surface area contributed by atoms with Crippen LogP contribution in [-0.4, -0.2) is 33.9 Å². The van der Waals surface area contributed by atoms with Crippen molar-refractivity contribution in [2.24, 2.45) is 5.92 Å². The van der Waals surface area contributed by atoms with E-state index >= 15 is 0 Å². The van der Waals surface area contributed by atoms with Crippen molar-refractivity contribution in [1.29, 1.82) is 0 Å². The van der Waals surface area contributed by atoms with Crippen molar-refractivity contribution >= 4 is 23.6 Å². The highest BCUT2D eigenvalue weighted by Crippen LogP contribution is 2.34. The highest BCUT2D eigenvalue weighted by Gasteiger charge is 2.41.